The summed E-state index contributed by atoms with van der Waals surface area (Å²) in [5.41, 5.74) is 15.6. The van der Waals surface area contributed by atoms with Crippen molar-refractivity contribution >= 4 is 61.8 Å². The quantitative estimate of drug-likeness (QED) is 0.131. The zero-order valence-electron chi connectivity index (χ0n) is 37.4. The van der Waals surface area contributed by atoms with Crippen molar-refractivity contribution in [2.24, 2.45) is 9.98 Å². The Morgan fingerprint density at radius 3 is 1.77 bits per heavy atom. The van der Waals surface area contributed by atoms with Crippen molar-refractivity contribution in [2.75, 3.05) is 0 Å². The van der Waals surface area contributed by atoms with Crippen molar-refractivity contribution < 1.29 is 4.42 Å². The van der Waals surface area contributed by atoms with Gasteiger partial charge in [0.1, 0.15) is 11.2 Å². The third kappa shape index (κ3) is 6.58. The van der Waals surface area contributed by atoms with Crippen LogP contribution in [0.1, 0.15) is 22.3 Å². The van der Waals surface area contributed by atoms with Crippen LogP contribution in [0, 0.1) is 5.41 Å². The van der Waals surface area contributed by atoms with E-state index in [1.165, 1.54) is 0 Å². The van der Waals surface area contributed by atoms with E-state index in [0.717, 1.165) is 111 Å². The number of nitrogens with zero attached hydrogens (tertiary/aromatic N) is 3. The zero-order chi connectivity index (χ0) is 45.9. The first-order valence-electron chi connectivity index (χ1n) is 23.3. The lowest BCUT2D eigenvalue weighted by molar-refractivity contribution is 0.669. The highest BCUT2D eigenvalue weighted by molar-refractivity contribution is 6.18. The van der Waals surface area contributed by atoms with Gasteiger partial charge in [0.05, 0.1) is 16.4 Å². The number of para-hydroxylation sites is 2. The number of rotatable bonds is 6. The van der Waals surface area contributed by atoms with Crippen molar-refractivity contribution in [2.45, 2.75) is 5.41 Å². The summed E-state index contributed by atoms with van der Waals surface area (Å²) in [6.07, 6.45) is 2.09. The fourth-order valence-corrected chi connectivity index (χ4v) is 10.7. The number of hydrogen-bond acceptors (Lipinski definition) is 2. The van der Waals surface area contributed by atoms with Gasteiger partial charge in [0, 0.05) is 33.3 Å². The fraction of sp³-hybridized carbons (Fsp3) is 0.0156. The minimum atomic E-state index is -0.808. The summed E-state index contributed by atoms with van der Waals surface area (Å²) in [5, 5.41) is 14.3. The molecule has 0 unspecified atom stereocenters. The normalized spacial score (nSPS) is 13.1. The van der Waals surface area contributed by atoms with E-state index >= 15 is 0 Å². The smallest absolute Gasteiger partial charge is 0.229 e. The van der Waals surface area contributed by atoms with Crippen LogP contribution in [0.4, 0.5) is 0 Å². The summed E-state index contributed by atoms with van der Waals surface area (Å²) in [6.45, 7) is 0. The molecule has 1 N–H and O–H groups in total. The molecule has 0 fully saturated rings. The molecule has 0 saturated heterocycles. The van der Waals surface area contributed by atoms with E-state index in [4.69, 9.17) is 14.4 Å². The third-order valence-corrected chi connectivity index (χ3v) is 13.8. The van der Waals surface area contributed by atoms with Crippen LogP contribution in [0.3, 0.4) is 0 Å². The van der Waals surface area contributed by atoms with Gasteiger partial charge in [-0.15, -0.1) is 0 Å². The van der Waals surface area contributed by atoms with E-state index in [1.54, 1.807) is 0 Å². The predicted molar refractivity (Wildman–Crippen MR) is 286 cm³/mol. The van der Waals surface area contributed by atoms with E-state index in [2.05, 4.69) is 212 Å². The summed E-state index contributed by atoms with van der Waals surface area (Å²) in [7, 11) is 0. The van der Waals surface area contributed by atoms with Crippen molar-refractivity contribution in [3.05, 3.63) is 265 Å². The average Bonchev–Trinajstić information content (AvgIpc) is 4.07. The Hall–Kier alpha value is -9.19. The molecule has 0 atom stereocenters. The molecule has 13 rings (SSSR count). The summed E-state index contributed by atoms with van der Waals surface area (Å²) in [4.78, 5) is 10.9. The van der Waals surface area contributed by atoms with E-state index in [1.807, 2.05) is 41.0 Å². The van der Waals surface area contributed by atoms with Crippen LogP contribution in [0.15, 0.2) is 257 Å². The molecule has 5 heteroatoms. The van der Waals surface area contributed by atoms with Crippen LogP contribution in [-0.2, 0) is 5.41 Å². The van der Waals surface area contributed by atoms with Gasteiger partial charge in [0.25, 0.3) is 0 Å². The van der Waals surface area contributed by atoms with Crippen LogP contribution in [-0.4, -0.2) is 22.6 Å². The van der Waals surface area contributed by atoms with Crippen molar-refractivity contribution in [3.8, 4) is 44.5 Å². The van der Waals surface area contributed by atoms with Crippen LogP contribution < -0.4 is 0 Å². The third-order valence-electron chi connectivity index (χ3n) is 13.8. The highest BCUT2D eigenvalue weighted by Crippen LogP contribution is 2.52. The molecule has 2 aromatic heterocycles. The molecule has 69 heavy (non-hydrogen) atoms. The van der Waals surface area contributed by atoms with E-state index in [0.29, 0.717) is 5.84 Å². The molecule has 10 aromatic carbocycles. The molecule has 5 nitrogen and oxygen atoms in total. The van der Waals surface area contributed by atoms with Crippen LogP contribution >= 0.6 is 0 Å². The molecule has 0 spiro atoms. The van der Waals surface area contributed by atoms with Gasteiger partial charge in [-0.05, 0) is 97.6 Å². The van der Waals surface area contributed by atoms with Gasteiger partial charge in [-0.25, -0.2) is 4.99 Å². The van der Waals surface area contributed by atoms with Gasteiger partial charge >= 0.3 is 0 Å². The van der Waals surface area contributed by atoms with Crippen LogP contribution in [0.5, 0.6) is 0 Å². The lowest BCUT2D eigenvalue weighted by atomic mass is 9.73. The highest BCUT2D eigenvalue weighted by Gasteiger charge is 2.43. The SMILES string of the molecule is N=C(/N=C(\N=CC1(c2cccc(-c3ccccc3)c2)c2ccccc2-c2ccccc21)c1cccc(-c2cccc3oc4ccccc4c23)c1)n1c2ccccc2c2ccc(-c3ccccc3)cc21. The predicted octanol–water partition coefficient (Wildman–Crippen LogP) is 16.0. The second-order valence-electron chi connectivity index (χ2n) is 17.7. The number of fused-ring (bicyclic) bond motifs is 9. The zero-order valence-corrected chi connectivity index (χ0v) is 37.4. The molecular formula is C64H42N4O. The molecule has 324 valence electrons. The first kappa shape index (κ1) is 40.1. The number of furan rings is 1. The Morgan fingerprint density at radius 2 is 1.00 bits per heavy atom. The molecule has 1 aliphatic carbocycles. The number of nitrogens with one attached hydrogen (secondary N) is 1. The highest BCUT2D eigenvalue weighted by atomic mass is 16.3. The second-order valence-corrected chi connectivity index (χ2v) is 17.7. The first-order chi connectivity index (χ1) is 34.1. The van der Waals surface area contributed by atoms with Crippen LogP contribution in [0.2, 0.25) is 0 Å². The largest absolute Gasteiger partial charge is 0.456 e. The fourth-order valence-electron chi connectivity index (χ4n) is 10.7. The molecule has 0 amide bonds. The second kappa shape index (κ2) is 16.3. The van der Waals surface area contributed by atoms with Gasteiger partial charge in [-0.2, -0.15) is 4.99 Å². The summed E-state index contributed by atoms with van der Waals surface area (Å²) < 4.78 is 8.32. The molecular weight excluding hydrogens is 841 g/mol. The van der Waals surface area contributed by atoms with E-state index in [9.17, 15) is 5.41 Å². The Balaban J connectivity index is 1.05. The molecule has 0 aliphatic heterocycles. The topological polar surface area (TPSA) is 66.6 Å². The van der Waals surface area contributed by atoms with Gasteiger partial charge in [0.15, 0.2) is 5.84 Å². The maximum absolute atomic E-state index is 10.1. The van der Waals surface area contributed by atoms with Gasteiger partial charge in [-0.1, -0.05) is 206 Å². The van der Waals surface area contributed by atoms with E-state index < -0.39 is 5.41 Å². The summed E-state index contributed by atoms with van der Waals surface area (Å²) >= 11 is 0. The lowest BCUT2D eigenvalue weighted by Gasteiger charge is -2.29. The molecule has 1 aliphatic rings. The number of benzene rings is 10. The lowest BCUT2D eigenvalue weighted by Crippen LogP contribution is -2.29. The Kier molecular flexibility index (Phi) is 9.48. The number of amidine groups is 1. The Labute approximate surface area is 399 Å². The van der Waals surface area contributed by atoms with Gasteiger partial charge in [-0.3, -0.25) is 9.98 Å². The van der Waals surface area contributed by atoms with Gasteiger partial charge in [0.2, 0.25) is 5.96 Å². The average molecular weight is 883 g/mol. The summed E-state index contributed by atoms with van der Waals surface area (Å²) in [5.74, 6) is 0.468. The Bertz CT molecular complexity index is 4000. The summed E-state index contributed by atoms with van der Waals surface area (Å²) in [6, 6.07) is 84.7. The molecule has 0 saturated carbocycles. The number of hydrogen-bond donors (Lipinski definition) is 1. The van der Waals surface area contributed by atoms with Crippen LogP contribution in [0.25, 0.3) is 88.3 Å². The standard InChI is InChI=1S/C64H42N4O/c65-63(68-57-33-13-9-28-52(57)53-37-36-45(40-58(53)68)43-20-5-2-6-21-43)67-62(47-24-15-23-46(38-47)49-30-17-35-60-61(49)54-29-10-14-34-59(54)69-60)66-41-64(48-25-16-22-44(39-48)42-18-3-1-4-19-42)55-31-11-7-26-50(55)51-27-8-12-32-56(51)64/h1-41,65H/b65-63?,66-41?,67-62-. The van der Waals surface area contributed by atoms with Crippen molar-refractivity contribution in [3.63, 3.8) is 0 Å². The number of aromatic nitrogens is 1. The maximum Gasteiger partial charge on any atom is 0.229 e. The maximum atomic E-state index is 10.1. The molecule has 2 heterocycles. The minimum absolute atomic E-state index is 0.0549. The molecule has 12 aromatic rings. The monoisotopic (exact) mass is 882 g/mol. The number of aliphatic imine (C=N–C) groups is 2. The first-order valence-corrected chi connectivity index (χ1v) is 23.3. The Morgan fingerprint density at radius 1 is 0.435 bits per heavy atom. The minimum Gasteiger partial charge on any atom is -0.456 e. The van der Waals surface area contributed by atoms with Crippen molar-refractivity contribution in [1.82, 2.24) is 4.57 Å². The molecule has 0 radical (unpaired) electrons. The van der Waals surface area contributed by atoms with Gasteiger partial charge < -0.3 is 4.42 Å². The van der Waals surface area contributed by atoms with Crippen molar-refractivity contribution in [1.29, 1.82) is 5.41 Å². The molecule has 0 bridgehead atoms. The van der Waals surface area contributed by atoms with E-state index in [-0.39, 0.29) is 5.96 Å².